The molecule has 128 valence electrons. The summed E-state index contributed by atoms with van der Waals surface area (Å²) in [6.45, 7) is 0.256. The van der Waals surface area contributed by atoms with Gasteiger partial charge in [-0.25, -0.2) is 9.37 Å². The summed E-state index contributed by atoms with van der Waals surface area (Å²) in [6.07, 6.45) is 1.00. The maximum absolute atomic E-state index is 13.7. The highest BCUT2D eigenvalue weighted by atomic mass is 32.1. The van der Waals surface area contributed by atoms with Crippen LogP contribution >= 0.6 is 11.3 Å². The Kier molecular flexibility index (Phi) is 5.56. The molecule has 0 spiro atoms. The molecule has 1 heterocycles. The fourth-order valence-electron chi connectivity index (χ4n) is 2.54. The molecule has 0 N–H and O–H groups in total. The van der Waals surface area contributed by atoms with Gasteiger partial charge < -0.3 is 4.90 Å². The van der Waals surface area contributed by atoms with E-state index < -0.39 is 0 Å². The van der Waals surface area contributed by atoms with E-state index in [4.69, 9.17) is 0 Å². The number of benzene rings is 2. The number of rotatable bonds is 6. The zero-order valence-electron chi connectivity index (χ0n) is 14.0. The van der Waals surface area contributed by atoms with Crippen molar-refractivity contribution in [1.29, 1.82) is 0 Å². The van der Waals surface area contributed by atoms with Crippen LogP contribution in [-0.2, 0) is 24.2 Å². The average Bonchev–Trinajstić information content (AvgIpc) is 3.04. The smallest absolute Gasteiger partial charge is 0.228 e. The SMILES string of the molecule is CN(Cc1ccccc1F)C(=O)Cc1csc(Cc2ccccc2)n1. The fraction of sp³-hybridized carbons (Fsp3) is 0.200. The molecule has 0 saturated heterocycles. The third kappa shape index (κ3) is 4.73. The second-order valence-corrected chi connectivity index (χ2v) is 6.86. The van der Waals surface area contributed by atoms with E-state index in [1.807, 2.05) is 23.6 Å². The van der Waals surface area contributed by atoms with Gasteiger partial charge >= 0.3 is 0 Å². The quantitative estimate of drug-likeness (QED) is 0.668. The van der Waals surface area contributed by atoms with Gasteiger partial charge in [0.1, 0.15) is 5.82 Å². The molecule has 0 radical (unpaired) electrons. The number of nitrogens with zero attached hydrogens (tertiary/aromatic N) is 2. The van der Waals surface area contributed by atoms with Gasteiger partial charge in [-0.05, 0) is 11.6 Å². The lowest BCUT2D eigenvalue weighted by Crippen LogP contribution is -2.28. The molecule has 0 unspecified atom stereocenters. The van der Waals surface area contributed by atoms with E-state index in [1.54, 1.807) is 36.6 Å². The molecule has 2 aromatic carbocycles. The highest BCUT2D eigenvalue weighted by Gasteiger charge is 2.14. The highest BCUT2D eigenvalue weighted by molar-refractivity contribution is 7.09. The summed E-state index contributed by atoms with van der Waals surface area (Å²) >= 11 is 1.56. The minimum absolute atomic E-state index is 0.0696. The zero-order valence-corrected chi connectivity index (χ0v) is 14.8. The Morgan fingerprint density at radius 2 is 1.84 bits per heavy atom. The van der Waals surface area contributed by atoms with Gasteiger partial charge in [0.2, 0.25) is 5.91 Å². The van der Waals surface area contributed by atoms with Crippen LogP contribution in [0.25, 0.3) is 0 Å². The Morgan fingerprint density at radius 3 is 2.60 bits per heavy atom. The van der Waals surface area contributed by atoms with Crippen molar-refractivity contribution in [3.63, 3.8) is 0 Å². The lowest BCUT2D eigenvalue weighted by atomic mass is 10.2. The first-order valence-electron chi connectivity index (χ1n) is 8.06. The van der Waals surface area contributed by atoms with Gasteiger partial charge in [0, 0.05) is 31.0 Å². The predicted octanol–water partition coefficient (Wildman–Crippen LogP) is 4.07. The molecule has 0 aliphatic carbocycles. The van der Waals surface area contributed by atoms with Crippen molar-refractivity contribution in [2.45, 2.75) is 19.4 Å². The molecule has 3 nitrogen and oxygen atoms in total. The zero-order chi connectivity index (χ0) is 17.6. The van der Waals surface area contributed by atoms with Gasteiger partial charge in [-0.15, -0.1) is 11.3 Å². The summed E-state index contributed by atoms with van der Waals surface area (Å²) < 4.78 is 13.7. The number of thiazole rings is 1. The number of carbonyl (C=O) groups is 1. The maximum atomic E-state index is 13.7. The van der Waals surface area contributed by atoms with E-state index in [-0.39, 0.29) is 24.7 Å². The summed E-state index contributed by atoms with van der Waals surface area (Å²) in [6, 6.07) is 16.6. The molecule has 25 heavy (non-hydrogen) atoms. The number of hydrogen-bond acceptors (Lipinski definition) is 3. The van der Waals surface area contributed by atoms with Crippen LogP contribution in [0.2, 0.25) is 0 Å². The van der Waals surface area contributed by atoms with Crippen molar-refractivity contribution >= 4 is 17.2 Å². The molecule has 0 aliphatic rings. The number of likely N-dealkylation sites (N-methyl/N-ethyl adjacent to an activating group) is 1. The van der Waals surface area contributed by atoms with Crippen LogP contribution < -0.4 is 0 Å². The number of carbonyl (C=O) groups excluding carboxylic acids is 1. The Labute approximate surface area is 150 Å². The predicted molar refractivity (Wildman–Crippen MR) is 97.9 cm³/mol. The van der Waals surface area contributed by atoms with Crippen LogP contribution in [0, 0.1) is 5.82 Å². The van der Waals surface area contributed by atoms with Crippen LogP contribution in [0.1, 0.15) is 21.8 Å². The molecule has 0 atom stereocenters. The first-order valence-corrected chi connectivity index (χ1v) is 8.94. The number of aromatic nitrogens is 1. The number of halogens is 1. The standard InChI is InChI=1S/C20H19FN2OS/c1-23(13-16-9-5-6-10-18(16)21)20(24)12-17-14-25-19(22-17)11-15-7-3-2-4-8-15/h2-10,14H,11-13H2,1H3. The van der Waals surface area contributed by atoms with Crippen LogP contribution in [-0.4, -0.2) is 22.8 Å². The molecule has 3 aromatic rings. The Hall–Kier alpha value is -2.53. The minimum Gasteiger partial charge on any atom is -0.341 e. The number of amides is 1. The average molecular weight is 354 g/mol. The molecule has 5 heteroatoms. The normalized spacial score (nSPS) is 10.6. The summed E-state index contributed by atoms with van der Waals surface area (Å²) in [5.41, 5.74) is 2.48. The van der Waals surface area contributed by atoms with E-state index >= 15 is 0 Å². The Balaban J connectivity index is 1.58. The van der Waals surface area contributed by atoms with Crippen molar-refractivity contribution in [3.05, 3.63) is 87.6 Å². The summed E-state index contributed by atoms with van der Waals surface area (Å²) in [5, 5.41) is 2.92. The summed E-state index contributed by atoms with van der Waals surface area (Å²) in [4.78, 5) is 18.4. The number of hydrogen-bond donors (Lipinski definition) is 0. The first kappa shape index (κ1) is 17.3. The van der Waals surface area contributed by atoms with E-state index in [1.165, 1.54) is 16.5 Å². The van der Waals surface area contributed by atoms with Crippen LogP contribution in [0.5, 0.6) is 0 Å². The van der Waals surface area contributed by atoms with Gasteiger partial charge in [-0.1, -0.05) is 48.5 Å². The molecule has 1 aromatic heterocycles. The van der Waals surface area contributed by atoms with Gasteiger partial charge in [0.15, 0.2) is 0 Å². The largest absolute Gasteiger partial charge is 0.341 e. The highest BCUT2D eigenvalue weighted by Crippen LogP contribution is 2.16. The molecule has 1 amide bonds. The van der Waals surface area contributed by atoms with Gasteiger partial charge in [0.25, 0.3) is 0 Å². The van der Waals surface area contributed by atoms with E-state index in [2.05, 4.69) is 17.1 Å². The molecule has 0 saturated carbocycles. The lowest BCUT2D eigenvalue weighted by molar-refractivity contribution is -0.129. The molecule has 3 rings (SSSR count). The minimum atomic E-state index is -0.291. The molecule has 0 aliphatic heterocycles. The van der Waals surface area contributed by atoms with E-state index in [0.29, 0.717) is 5.56 Å². The molecule has 0 bridgehead atoms. The van der Waals surface area contributed by atoms with Gasteiger partial charge in [-0.2, -0.15) is 0 Å². The first-order chi connectivity index (χ1) is 12.1. The van der Waals surface area contributed by atoms with Crippen LogP contribution in [0.15, 0.2) is 60.0 Å². The molecular weight excluding hydrogens is 335 g/mol. The third-order valence-electron chi connectivity index (χ3n) is 3.92. The van der Waals surface area contributed by atoms with E-state index in [0.717, 1.165) is 17.1 Å². The van der Waals surface area contributed by atoms with Crippen molar-refractivity contribution < 1.29 is 9.18 Å². The van der Waals surface area contributed by atoms with Crippen molar-refractivity contribution in [3.8, 4) is 0 Å². The van der Waals surface area contributed by atoms with Crippen LogP contribution in [0.4, 0.5) is 4.39 Å². The van der Waals surface area contributed by atoms with Gasteiger partial charge in [-0.3, -0.25) is 4.79 Å². The van der Waals surface area contributed by atoms with Gasteiger partial charge in [0.05, 0.1) is 17.1 Å². The van der Waals surface area contributed by atoms with Crippen molar-refractivity contribution in [1.82, 2.24) is 9.88 Å². The van der Waals surface area contributed by atoms with Crippen molar-refractivity contribution in [2.24, 2.45) is 0 Å². The lowest BCUT2D eigenvalue weighted by Gasteiger charge is -2.17. The Bertz CT molecular complexity index is 848. The third-order valence-corrected chi connectivity index (χ3v) is 4.82. The fourth-order valence-corrected chi connectivity index (χ4v) is 3.37. The molecule has 0 fully saturated rings. The maximum Gasteiger partial charge on any atom is 0.228 e. The summed E-state index contributed by atoms with van der Waals surface area (Å²) in [7, 11) is 1.69. The second kappa shape index (κ2) is 8.03. The topological polar surface area (TPSA) is 33.2 Å². The monoisotopic (exact) mass is 354 g/mol. The van der Waals surface area contributed by atoms with E-state index in [9.17, 15) is 9.18 Å². The van der Waals surface area contributed by atoms with Crippen molar-refractivity contribution in [2.75, 3.05) is 7.05 Å². The second-order valence-electron chi connectivity index (χ2n) is 5.91. The summed E-state index contributed by atoms with van der Waals surface area (Å²) in [5.74, 6) is -0.360. The van der Waals surface area contributed by atoms with Crippen LogP contribution in [0.3, 0.4) is 0 Å². The Morgan fingerprint density at radius 1 is 1.12 bits per heavy atom. The molecular formula is C20H19FN2OS.